The normalized spacial score (nSPS) is 14.2. The molecule has 1 aromatic rings. The molecule has 0 saturated heterocycles. The summed E-state index contributed by atoms with van der Waals surface area (Å²) in [5.74, 6) is -1.16. The van der Waals surface area contributed by atoms with E-state index in [1.807, 2.05) is 6.92 Å². The van der Waals surface area contributed by atoms with Crippen LogP contribution in [0.3, 0.4) is 0 Å². The summed E-state index contributed by atoms with van der Waals surface area (Å²) in [4.78, 5) is 10.7. The molecule has 4 heteroatoms. The van der Waals surface area contributed by atoms with Crippen molar-refractivity contribution >= 4 is 5.97 Å². The number of hydrogen-bond donors (Lipinski definition) is 1. The molecule has 16 heavy (non-hydrogen) atoms. The van der Waals surface area contributed by atoms with Crippen molar-refractivity contribution in [1.29, 1.82) is 0 Å². The van der Waals surface area contributed by atoms with E-state index in [0.717, 1.165) is 0 Å². The predicted octanol–water partition coefficient (Wildman–Crippen LogP) is 2.56. The van der Waals surface area contributed by atoms with E-state index in [0.29, 0.717) is 12.4 Å². The van der Waals surface area contributed by atoms with Crippen LogP contribution in [0.25, 0.3) is 0 Å². The third-order valence-electron chi connectivity index (χ3n) is 2.57. The lowest BCUT2D eigenvalue weighted by atomic mass is 9.97. The number of ether oxygens (including phenoxy) is 1. The summed E-state index contributed by atoms with van der Waals surface area (Å²) in [5, 5.41) is 8.78. The maximum atomic E-state index is 12.6. The molecule has 88 valence electrons. The second-order valence-electron chi connectivity index (χ2n) is 3.87. The Kier molecular flexibility index (Phi) is 4.28. The molecule has 0 heterocycles. The zero-order valence-electron chi connectivity index (χ0n) is 9.31. The van der Waals surface area contributed by atoms with Crippen LogP contribution in [-0.2, 0) is 4.79 Å². The van der Waals surface area contributed by atoms with Gasteiger partial charge in [-0.3, -0.25) is 4.79 Å². The second-order valence-corrected chi connectivity index (χ2v) is 3.87. The van der Waals surface area contributed by atoms with E-state index in [4.69, 9.17) is 9.84 Å². The summed E-state index contributed by atoms with van der Waals surface area (Å²) in [6.45, 7) is 3.75. The third kappa shape index (κ3) is 3.53. The van der Waals surface area contributed by atoms with E-state index in [1.54, 1.807) is 6.92 Å². The fourth-order valence-electron chi connectivity index (χ4n) is 1.15. The lowest BCUT2D eigenvalue weighted by molar-refractivity contribution is -0.143. The predicted molar refractivity (Wildman–Crippen MR) is 57.9 cm³/mol. The first kappa shape index (κ1) is 12.5. The van der Waals surface area contributed by atoms with E-state index >= 15 is 0 Å². The Balaban J connectivity index is 2.45. The summed E-state index contributed by atoms with van der Waals surface area (Å²) in [6, 6.07) is 5.65. The average Bonchev–Trinajstić information content (AvgIpc) is 2.26. The Morgan fingerprint density at radius 2 is 1.94 bits per heavy atom. The van der Waals surface area contributed by atoms with E-state index < -0.39 is 11.9 Å². The Labute approximate surface area is 93.9 Å². The smallest absolute Gasteiger partial charge is 0.306 e. The number of rotatable bonds is 5. The van der Waals surface area contributed by atoms with Crippen molar-refractivity contribution in [2.45, 2.75) is 13.8 Å². The van der Waals surface area contributed by atoms with Gasteiger partial charge in [0.15, 0.2) is 0 Å². The molecule has 0 spiro atoms. The molecule has 0 amide bonds. The Hall–Kier alpha value is -1.58. The Morgan fingerprint density at radius 3 is 2.44 bits per heavy atom. The van der Waals surface area contributed by atoms with Crippen LogP contribution >= 0.6 is 0 Å². The molecule has 1 N–H and O–H groups in total. The fraction of sp³-hybridized carbons (Fsp3) is 0.417. The van der Waals surface area contributed by atoms with Crippen molar-refractivity contribution in [2.24, 2.45) is 11.8 Å². The molecule has 1 aromatic carbocycles. The van der Waals surface area contributed by atoms with Gasteiger partial charge in [0.05, 0.1) is 12.5 Å². The third-order valence-corrected chi connectivity index (χ3v) is 2.57. The number of hydrogen-bond acceptors (Lipinski definition) is 2. The van der Waals surface area contributed by atoms with Crippen LogP contribution in [0, 0.1) is 17.7 Å². The summed E-state index contributed by atoms with van der Waals surface area (Å²) < 4.78 is 18.0. The summed E-state index contributed by atoms with van der Waals surface area (Å²) in [6.07, 6.45) is 0. The van der Waals surface area contributed by atoms with Gasteiger partial charge in [-0.15, -0.1) is 0 Å². The highest BCUT2D eigenvalue weighted by molar-refractivity contribution is 5.69. The molecule has 0 radical (unpaired) electrons. The number of halogens is 1. The molecule has 2 atom stereocenters. The first-order chi connectivity index (χ1) is 7.50. The van der Waals surface area contributed by atoms with Gasteiger partial charge >= 0.3 is 5.97 Å². The molecule has 0 bridgehead atoms. The molecule has 0 fully saturated rings. The van der Waals surface area contributed by atoms with Gasteiger partial charge in [0.1, 0.15) is 11.6 Å². The number of aliphatic carboxylic acids is 1. The largest absolute Gasteiger partial charge is 0.493 e. The van der Waals surface area contributed by atoms with E-state index in [-0.39, 0.29) is 11.7 Å². The zero-order valence-corrected chi connectivity index (χ0v) is 9.31. The standard InChI is InChI=1S/C12H15FO3/c1-8(9(2)12(14)15)7-16-11-5-3-10(13)4-6-11/h3-6,8-9H,7H2,1-2H3,(H,14,15). The minimum Gasteiger partial charge on any atom is -0.493 e. The molecule has 3 nitrogen and oxygen atoms in total. The fourth-order valence-corrected chi connectivity index (χ4v) is 1.15. The molecule has 0 aliphatic carbocycles. The maximum absolute atomic E-state index is 12.6. The molecular weight excluding hydrogens is 211 g/mol. The van der Waals surface area contributed by atoms with E-state index in [1.165, 1.54) is 24.3 Å². The summed E-state index contributed by atoms with van der Waals surface area (Å²) >= 11 is 0. The highest BCUT2D eigenvalue weighted by Crippen LogP contribution is 2.16. The molecule has 1 rings (SSSR count). The average molecular weight is 226 g/mol. The van der Waals surface area contributed by atoms with Gasteiger partial charge in [-0.2, -0.15) is 0 Å². The lowest BCUT2D eigenvalue weighted by Crippen LogP contribution is -2.23. The van der Waals surface area contributed by atoms with Crippen LogP contribution in [0.2, 0.25) is 0 Å². The van der Waals surface area contributed by atoms with Gasteiger partial charge in [0, 0.05) is 5.92 Å². The van der Waals surface area contributed by atoms with Crippen molar-refractivity contribution in [3.8, 4) is 5.75 Å². The molecule has 0 aliphatic heterocycles. The first-order valence-electron chi connectivity index (χ1n) is 5.12. The molecular formula is C12H15FO3. The number of benzene rings is 1. The van der Waals surface area contributed by atoms with Gasteiger partial charge in [-0.25, -0.2) is 4.39 Å². The van der Waals surface area contributed by atoms with Gasteiger partial charge in [-0.05, 0) is 24.3 Å². The monoisotopic (exact) mass is 226 g/mol. The molecule has 0 aliphatic rings. The quantitative estimate of drug-likeness (QED) is 0.839. The van der Waals surface area contributed by atoms with Crippen LogP contribution in [-0.4, -0.2) is 17.7 Å². The van der Waals surface area contributed by atoms with Crippen LogP contribution in [0.5, 0.6) is 5.75 Å². The molecule has 0 saturated carbocycles. The minimum absolute atomic E-state index is 0.0949. The van der Waals surface area contributed by atoms with Crippen molar-refractivity contribution in [1.82, 2.24) is 0 Å². The van der Waals surface area contributed by atoms with Gasteiger partial charge < -0.3 is 9.84 Å². The molecule has 0 aromatic heterocycles. The second kappa shape index (κ2) is 5.49. The van der Waals surface area contributed by atoms with Crippen molar-refractivity contribution in [3.63, 3.8) is 0 Å². The zero-order chi connectivity index (χ0) is 12.1. The lowest BCUT2D eigenvalue weighted by Gasteiger charge is -2.16. The summed E-state index contributed by atoms with van der Waals surface area (Å²) in [5.41, 5.74) is 0. The van der Waals surface area contributed by atoms with E-state index in [2.05, 4.69) is 0 Å². The highest BCUT2D eigenvalue weighted by atomic mass is 19.1. The van der Waals surface area contributed by atoms with Crippen LogP contribution < -0.4 is 4.74 Å². The minimum atomic E-state index is -0.838. The van der Waals surface area contributed by atoms with E-state index in [9.17, 15) is 9.18 Å². The topological polar surface area (TPSA) is 46.5 Å². The van der Waals surface area contributed by atoms with Gasteiger partial charge in [0.25, 0.3) is 0 Å². The van der Waals surface area contributed by atoms with Crippen molar-refractivity contribution in [2.75, 3.05) is 6.61 Å². The Morgan fingerprint density at radius 1 is 1.38 bits per heavy atom. The van der Waals surface area contributed by atoms with Gasteiger partial charge in [-0.1, -0.05) is 13.8 Å². The SMILES string of the molecule is CC(COc1ccc(F)cc1)C(C)C(=O)O. The number of carboxylic acids is 1. The Bertz CT molecular complexity index is 348. The number of carboxylic acid groups (broad SMARTS) is 1. The van der Waals surface area contributed by atoms with Crippen LogP contribution in [0.1, 0.15) is 13.8 Å². The molecule has 2 unspecified atom stereocenters. The summed E-state index contributed by atoms with van der Waals surface area (Å²) in [7, 11) is 0. The van der Waals surface area contributed by atoms with Crippen LogP contribution in [0.4, 0.5) is 4.39 Å². The first-order valence-corrected chi connectivity index (χ1v) is 5.12. The number of carbonyl (C=O) groups is 1. The maximum Gasteiger partial charge on any atom is 0.306 e. The van der Waals surface area contributed by atoms with Gasteiger partial charge in [0.2, 0.25) is 0 Å². The van der Waals surface area contributed by atoms with Crippen molar-refractivity contribution < 1.29 is 19.0 Å². The highest BCUT2D eigenvalue weighted by Gasteiger charge is 2.19. The van der Waals surface area contributed by atoms with Crippen molar-refractivity contribution in [3.05, 3.63) is 30.1 Å². The van der Waals surface area contributed by atoms with Crippen LogP contribution in [0.15, 0.2) is 24.3 Å².